The Morgan fingerprint density at radius 1 is 1.32 bits per heavy atom. The molecule has 1 unspecified atom stereocenters. The van der Waals surface area contributed by atoms with Crippen molar-refractivity contribution in [3.63, 3.8) is 0 Å². The van der Waals surface area contributed by atoms with Crippen LogP contribution in [0.15, 0.2) is 42.6 Å². The van der Waals surface area contributed by atoms with E-state index in [2.05, 4.69) is 17.2 Å². The summed E-state index contributed by atoms with van der Waals surface area (Å²) in [7, 11) is 1.60. The lowest BCUT2D eigenvalue weighted by Crippen LogP contribution is -2.07. The first-order valence-corrected chi connectivity index (χ1v) is 6.19. The highest BCUT2D eigenvalue weighted by Gasteiger charge is 2.06. The maximum Gasteiger partial charge on any atom is 0.213 e. The van der Waals surface area contributed by atoms with E-state index in [9.17, 15) is 0 Å². The number of nitrogens with one attached hydrogen (secondary N) is 1. The summed E-state index contributed by atoms with van der Waals surface area (Å²) in [6, 6.07) is 11.8. The summed E-state index contributed by atoms with van der Waals surface area (Å²) in [6.07, 6.45) is 1.74. The van der Waals surface area contributed by atoms with Gasteiger partial charge in [0.05, 0.1) is 25.6 Å². The molecule has 0 aliphatic carbocycles. The van der Waals surface area contributed by atoms with E-state index in [4.69, 9.17) is 9.84 Å². The van der Waals surface area contributed by atoms with Gasteiger partial charge in [-0.3, -0.25) is 0 Å². The Morgan fingerprint density at radius 2 is 2.16 bits per heavy atom. The molecule has 4 heteroatoms. The topological polar surface area (TPSA) is 54.4 Å². The maximum absolute atomic E-state index is 9.15. The Bertz CT molecular complexity index is 526. The van der Waals surface area contributed by atoms with Crippen molar-refractivity contribution >= 4 is 5.69 Å². The molecule has 19 heavy (non-hydrogen) atoms. The lowest BCUT2D eigenvalue weighted by Gasteiger charge is -2.16. The quantitative estimate of drug-likeness (QED) is 0.866. The van der Waals surface area contributed by atoms with Gasteiger partial charge in [-0.05, 0) is 24.1 Å². The highest BCUT2D eigenvalue weighted by molar-refractivity contribution is 5.44. The van der Waals surface area contributed by atoms with Crippen molar-refractivity contribution in [3.8, 4) is 5.88 Å². The molecule has 0 saturated carbocycles. The zero-order chi connectivity index (χ0) is 13.7. The number of ether oxygens (including phenoxy) is 1. The average molecular weight is 258 g/mol. The average Bonchev–Trinajstić information content (AvgIpc) is 2.48. The fraction of sp³-hybridized carbons (Fsp3) is 0.267. The largest absolute Gasteiger partial charge is 0.481 e. The Hall–Kier alpha value is -2.07. The van der Waals surface area contributed by atoms with Gasteiger partial charge >= 0.3 is 0 Å². The zero-order valence-corrected chi connectivity index (χ0v) is 11.1. The van der Waals surface area contributed by atoms with Crippen LogP contribution in [0.25, 0.3) is 0 Å². The van der Waals surface area contributed by atoms with Gasteiger partial charge in [-0.1, -0.05) is 24.3 Å². The molecule has 0 aliphatic heterocycles. The van der Waals surface area contributed by atoms with E-state index in [1.807, 2.05) is 36.4 Å². The second-order valence-electron chi connectivity index (χ2n) is 4.36. The van der Waals surface area contributed by atoms with Crippen LogP contribution in [0.1, 0.15) is 24.1 Å². The van der Waals surface area contributed by atoms with Gasteiger partial charge in [0.15, 0.2) is 0 Å². The minimum absolute atomic E-state index is 0.0602. The van der Waals surface area contributed by atoms with E-state index in [1.54, 1.807) is 13.3 Å². The molecule has 0 bridgehead atoms. The fourth-order valence-corrected chi connectivity index (χ4v) is 1.88. The minimum atomic E-state index is 0.0602. The minimum Gasteiger partial charge on any atom is -0.481 e. The predicted molar refractivity (Wildman–Crippen MR) is 75.2 cm³/mol. The number of aliphatic hydroxyl groups excluding tert-OH is 1. The van der Waals surface area contributed by atoms with E-state index in [1.165, 1.54) is 0 Å². The van der Waals surface area contributed by atoms with Gasteiger partial charge in [0.25, 0.3) is 0 Å². The van der Waals surface area contributed by atoms with Crippen molar-refractivity contribution in [2.45, 2.75) is 19.6 Å². The Morgan fingerprint density at radius 3 is 2.79 bits per heavy atom. The van der Waals surface area contributed by atoms with Crippen LogP contribution in [0.2, 0.25) is 0 Å². The van der Waals surface area contributed by atoms with Gasteiger partial charge < -0.3 is 15.2 Å². The molecule has 1 atom stereocenters. The van der Waals surface area contributed by atoms with Crippen LogP contribution < -0.4 is 10.1 Å². The van der Waals surface area contributed by atoms with E-state index < -0.39 is 0 Å². The molecule has 0 fully saturated rings. The van der Waals surface area contributed by atoms with Gasteiger partial charge in [0.1, 0.15) is 0 Å². The molecule has 2 rings (SSSR count). The van der Waals surface area contributed by atoms with Crippen LogP contribution in [-0.2, 0) is 6.61 Å². The Balaban J connectivity index is 2.08. The standard InChI is InChI=1S/C15H18N2O2/c1-11(13-5-3-4-12(8-13)10-18)17-14-6-7-15(19-2)16-9-14/h3-9,11,17-18H,10H2,1-2H3. The van der Waals surface area contributed by atoms with Crippen LogP contribution >= 0.6 is 0 Å². The summed E-state index contributed by atoms with van der Waals surface area (Å²) in [5.74, 6) is 0.598. The number of aromatic nitrogens is 1. The summed E-state index contributed by atoms with van der Waals surface area (Å²) in [6.45, 7) is 2.13. The lowest BCUT2D eigenvalue weighted by atomic mass is 10.1. The van der Waals surface area contributed by atoms with Gasteiger partial charge in [0, 0.05) is 12.1 Å². The second kappa shape index (κ2) is 6.20. The lowest BCUT2D eigenvalue weighted by molar-refractivity contribution is 0.281. The fourth-order valence-electron chi connectivity index (χ4n) is 1.88. The maximum atomic E-state index is 9.15. The first-order chi connectivity index (χ1) is 9.22. The van der Waals surface area contributed by atoms with Gasteiger partial charge in [-0.25, -0.2) is 4.98 Å². The number of methoxy groups -OCH3 is 1. The number of nitrogens with zero attached hydrogens (tertiary/aromatic N) is 1. The zero-order valence-electron chi connectivity index (χ0n) is 11.1. The van der Waals surface area contributed by atoms with Crippen molar-refractivity contribution < 1.29 is 9.84 Å². The highest BCUT2D eigenvalue weighted by Crippen LogP contribution is 2.20. The third-order valence-electron chi connectivity index (χ3n) is 2.96. The summed E-state index contributed by atoms with van der Waals surface area (Å²) in [5, 5.41) is 12.5. The molecule has 4 nitrogen and oxygen atoms in total. The number of aliphatic hydroxyl groups is 1. The number of pyridine rings is 1. The Kier molecular flexibility index (Phi) is 4.36. The molecule has 100 valence electrons. The molecule has 0 saturated heterocycles. The van der Waals surface area contributed by atoms with E-state index >= 15 is 0 Å². The number of benzene rings is 1. The summed E-state index contributed by atoms with van der Waals surface area (Å²) >= 11 is 0. The number of anilines is 1. The van der Waals surface area contributed by atoms with E-state index in [0.29, 0.717) is 5.88 Å². The Labute approximate surface area is 113 Å². The summed E-state index contributed by atoms with van der Waals surface area (Å²) < 4.78 is 5.02. The van der Waals surface area contributed by atoms with Crippen molar-refractivity contribution in [2.24, 2.45) is 0 Å². The first kappa shape index (κ1) is 13.4. The molecule has 1 heterocycles. The molecular formula is C15H18N2O2. The highest BCUT2D eigenvalue weighted by atomic mass is 16.5. The number of rotatable bonds is 5. The predicted octanol–water partition coefficient (Wildman–Crippen LogP) is 2.76. The molecule has 0 spiro atoms. The normalized spacial score (nSPS) is 11.9. The van der Waals surface area contributed by atoms with Crippen LogP contribution in [0.5, 0.6) is 5.88 Å². The molecule has 0 aliphatic rings. The third kappa shape index (κ3) is 3.45. The monoisotopic (exact) mass is 258 g/mol. The molecule has 2 N–H and O–H groups in total. The van der Waals surface area contributed by atoms with Crippen molar-refractivity contribution in [3.05, 3.63) is 53.7 Å². The van der Waals surface area contributed by atoms with Crippen molar-refractivity contribution in [1.82, 2.24) is 4.98 Å². The SMILES string of the molecule is COc1ccc(NC(C)c2cccc(CO)c2)cn1. The number of hydrogen-bond donors (Lipinski definition) is 2. The summed E-state index contributed by atoms with van der Waals surface area (Å²) in [4.78, 5) is 4.15. The van der Waals surface area contributed by atoms with Crippen LogP contribution in [0.3, 0.4) is 0 Å². The van der Waals surface area contributed by atoms with Gasteiger partial charge in [0.2, 0.25) is 5.88 Å². The van der Waals surface area contributed by atoms with Crippen molar-refractivity contribution in [1.29, 1.82) is 0 Å². The smallest absolute Gasteiger partial charge is 0.213 e. The second-order valence-corrected chi connectivity index (χ2v) is 4.36. The van der Waals surface area contributed by atoms with E-state index in [-0.39, 0.29) is 12.6 Å². The third-order valence-corrected chi connectivity index (χ3v) is 2.96. The molecule has 2 aromatic rings. The molecular weight excluding hydrogens is 240 g/mol. The first-order valence-electron chi connectivity index (χ1n) is 6.19. The summed E-state index contributed by atoms with van der Waals surface area (Å²) in [5.41, 5.74) is 2.98. The van der Waals surface area contributed by atoms with Crippen LogP contribution in [0.4, 0.5) is 5.69 Å². The molecule has 0 radical (unpaired) electrons. The number of hydrogen-bond acceptors (Lipinski definition) is 4. The molecule has 0 amide bonds. The van der Waals surface area contributed by atoms with E-state index in [0.717, 1.165) is 16.8 Å². The van der Waals surface area contributed by atoms with Gasteiger partial charge in [-0.2, -0.15) is 0 Å². The van der Waals surface area contributed by atoms with Crippen LogP contribution in [-0.4, -0.2) is 17.2 Å². The van der Waals surface area contributed by atoms with Crippen LogP contribution in [0, 0.1) is 0 Å². The molecule has 1 aromatic heterocycles. The molecule has 1 aromatic carbocycles. The van der Waals surface area contributed by atoms with Crippen molar-refractivity contribution in [2.75, 3.05) is 12.4 Å². The van der Waals surface area contributed by atoms with Gasteiger partial charge in [-0.15, -0.1) is 0 Å².